The number of rotatable bonds is 8. The van der Waals surface area contributed by atoms with Crippen LogP contribution in [-0.2, 0) is 11.2 Å². The Morgan fingerprint density at radius 2 is 2.23 bits per heavy atom. The maximum absolute atomic E-state index is 14.1. The molecule has 1 aromatic carbocycles. The Labute approximate surface area is 126 Å². The van der Waals surface area contributed by atoms with E-state index in [-0.39, 0.29) is 11.3 Å². The van der Waals surface area contributed by atoms with Crippen molar-refractivity contribution in [1.29, 1.82) is 5.26 Å². The van der Waals surface area contributed by atoms with Crippen LogP contribution in [0.15, 0.2) is 18.2 Å². The molecule has 1 aromatic rings. The van der Waals surface area contributed by atoms with Gasteiger partial charge in [0.2, 0.25) is 0 Å². The third-order valence-electron chi connectivity index (χ3n) is 3.11. The fourth-order valence-electron chi connectivity index (χ4n) is 2.03. The Morgan fingerprint density at radius 1 is 1.55 bits per heavy atom. The van der Waals surface area contributed by atoms with E-state index in [2.05, 4.69) is 4.74 Å². The van der Waals surface area contributed by atoms with E-state index in [1.54, 1.807) is 6.07 Å². The van der Waals surface area contributed by atoms with Crippen LogP contribution in [0.5, 0.6) is 0 Å². The standard InChI is InChI=1S/C14H17F2N3O3/c1-2-3-10-4-5-11(19(20)21)8-12(10)13(18)14(15,16)9-22-7-6-17/h4-5,8,13H,2-3,7,9,18H2,1H3. The summed E-state index contributed by atoms with van der Waals surface area (Å²) in [6.07, 6.45) is 1.17. The van der Waals surface area contributed by atoms with E-state index in [1.807, 2.05) is 6.92 Å². The zero-order valence-electron chi connectivity index (χ0n) is 12.1. The van der Waals surface area contributed by atoms with E-state index >= 15 is 0 Å². The number of nitrogens with two attached hydrogens (primary N) is 1. The highest BCUT2D eigenvalue weighted by Crippen LogP contribution is 2.34. The number of nitriles is 1. The van der Waals surface area contributed by atoms with Gasteiger partial charge in [0.1, 0.15) is 13.2 Å². The van der Waals surface area contributed by atoms with Gasteiger partial charge >= 0.3 is 0 Å². The molecule has 0 bridgehead atoms. The minimum atomic E-state index is -3.44. The molecule has 22 heavy (non-hydrogen) atoms. The molecule has 0 spiro atoms. The number of non-ortho nitro benzene ring substituents is 1. The monoisotopic (exact) mass is 313 g/mol. The predicted octanol–water partition coefficient (Wildman–Crippen LogP) is 2.72. The summed E-state index contributed by atoms with van der Waals surface area (Å²) in [7, 11) is 0. The van der Waals surface area contributed by atoms with Gasteiger partial charge in [0.05, 0.1) is 17.0 Å². The molecule has 0 radical (unpaired) electrons. The summed E-state index contributed by atoms with van der Waals surface area (Å²) in [5, 5.41) is 19.1. The van der Waals surface area contributed by atoms with Gasteiger partial charge in [-0.3, -0.25) is 10.1 Å². The lowest BCUT2D eigenvalue weighted by atomic mass is 9.93. The normalized spacial score (nSPS) is 12.7. The minimum Gasteiger partial charge on any atom is -0.360 e. The first-order valence-electron chi connectivity index (χ1n) is 6.68. The molecule has 1 rings (SSSR count). The van der Waals surface area contributed by atoms with Crippen molar-refractivity contribution in [3.8, 4) is 6.07 Å². The summed E-state index contributed by atoms with van der Waals surface area (Å²) in [5.74, 6) is -3.44. The highest BCUT2D eigenvalue weighted by Gasteiger charge is 2.40. The van der Waals surface area contributed by atoms with Crippen molar-refractivity contribution in [2.45, 2.75) is 31.7 Å². The smallest absolute Gasteiger partial charge is 0.289 e. The Bertz CT molecular complexity index is 573. The van der Waals surface area contributed by atoms with Crippen molar-refractivity contribution >= 4 is 5.69 Å². The van der Waals surface area contributed by atoms with Crippen molar-refractivity contribution in [2.75, 3.05) is 13.2 Å². The number of aryl methyl sites for hydroxylation is 1. The van der Waals surface area contributed by atoms with E-state index in [0.29, 0.717) is 18.4 Å². The average Bonchev–Trinajstić information content (AvgIpc) is 2.47. The molecule has 0 amide bonds. The van der Waals surface area contributed by atoms with Gasteiger partial charge in [-0.25, -0.2) is 8.78 Å². The predicted molar refractivity (Wildman–Crippen MR) is 75.4 cm³/mol. The summed E-state index contributed by atoms with van der Waals surface area (Å²) in [5.41, 5.74) is 5.90. The molecule has 1 unspecified atom stereocenters. The van der Waals surface area contributed by atoms with Crippen molar-refractivity contribution in [3.63, 3.8) is 0 Å². The Morgan fingerprint density at radius 3 is 2.77 bits per heavy atom. The molecule has 0 aliphatic rings. The number of hydrogen-bond donors (Lipinski definition) is 1. The Balaban J connectivity index is 3.12. The lowest BCUT2D eigenvalue weighted by molar-refractivity contribution is -0.385. The molecule has 2 N–H and O–H groups in total. The Hall–Kier alpha value is -2.11. The molecule has 0 aliphatic heterocycles. The maximum atomic E-state index is 14.1. The third kappa shape index (κ3) is 4.44. The first-order valence-corrected chi connectivity index (χ1v) is 6.68. The number of hydrogen-bond acceptors (Lipinski definition) is 5. The molecular formula is C14H17F2N3O3. The van der Waals surface area contributed by atoms with Crippen LogP contribution >= 0.6 is 0 Å². The lowest BCUT2D eigenvalue weighted by Crippen LogP contribution is -2.38. The van der Waals surface area contributed by atoms with Gasteiger partial charge < -0.3 is 10.5 Å². The van der Waals surface area contributed by atoms with Crippen LogP contribution in [0.1, 0.15) is 30.5 Å². The molecule has 0 saturated heterocycles. The van der Waals surface area contributed by atoms with Gasteiger partial charge in [-0.2, -0.15) is 5.26 Å². The van der Waals surface area contributed by atoms with Crippen LogP contribution in [0.3, 0.4) is 0 Å². The van der Waals surface area contributed by atoms with Crippen molar-refractivity contribution in [2.24, 2.45) is 5.73 Å². The topological polar surface area (TPSA) is 102 Å². The first-order chi connectivity index (χ1) is 10.3. The maximum Gasteiger partial charge on any atom is 0.289 e. The summed E-state index contributed by atoms with van der Waals surface area (Å²) in [6.45, 7) is 0.375. The fraction of sp³-hybridized carbons (Fsp3) is 0.500. The second kappa shape index (κ2) is 7.77. The highest BCUT2D eigenvalue weighted by molar-refractivity contribution is 5.42. The first kappa shape index (κ1) is 17.9. The summed E-state index contributed by atoms with van der Waals surface area (Å²) < 4.78 is 32.6. The summed E-state index contributed by atoms with van der Waals surface area (Å²) >= 11 is 0. The number of nitrogens with zero attached hydrogens (tertiary/aromatic N) is 2. The fourth-order valence-corrected chi connectivity index (χ4v) is 2.03. The van der Waals surface area contributed by atoms with Gasteiger partial charge in [-0.05, 0) is 17.5 Å². The van der Waals surface area contributed by atoms with Crippen LogP contribution < -0.4 is 5.73 Å². The molecule has 1 atom stereocenters. The summed E-state index contributed by atoms with van der Waals surface area (Å²) in [4.78, 5) is 10.2. The molecule has 0 aliphatic carbocycles. The van der Waals surface area contributed by atoms with Gasteiger partial charge in [0.25, 0.3) is 11.6 Å². The van der Waals surface area contributed by atoms with Crippen molar-refractivity contribution in [3.05, 3.63) is 39.4 Å². The van der Waals surface area contributed by atoms with E-state index < -0.39 is 30.1 Å². The quantitative estimate of drug-likeness (QED) is 0.451. The van der Waals surface area contributed by atoms with E-state index in [0.717, 1.165) is 6.07 Å². The van der Waals surface area contributed by atoms with Crippen molar-refractivity contribution < 1.29 is 18.4 Å². The molecule has 120 valence electrons. The largest absolute Gasteiger partial charge is 0.360 e. The van der Waals surface area contributed by atoms with Crippen LogP contribution in [0.25, 0.3) is 0 Å². The number of alkyl halides is 2. The van der Waals surface area contributed by atoms with Gasteiger partial charge in [-0.15, -0.1) is 0 Å². The molecule has 0 aromatic heterocycles. The van der Waals surface area contributed by atoms with E-state index in [1.165, 1.54) is 12.1 Å². The van der Waals surface area contributed by atoms with Gasteiger partial charge in [0.15, 0.2) is 0 Å². The lowest BCUT2D eigenvalue weighted by Gasteiger charge is -2.25. The average molecular weight is 313 g/mol. The molecule has 8 heteroatoms. The van der Waals surface area contributed by atoms with Gasteiger partial charge in [0, 0.05) is 12.1 Å². The molecular weight excluding hydrogens is 296 g/mol. The summed E-state index contributed by atoms with van der Waals surface area (Å²) in [6, 6.07) is 3.64. The van der Waals surface area contributed by atoms with Crippen LogP contribution in [0.4, 0.5) is 14.5 Å². The second-order valence-electron chi connectivity index (χ2n) is 4.78. The minimum absolute atomic E-state index is 0.0293. The SMILES string of the molecule is CCCc1ccc([N+](=O)[O-])cc1C(N)C(F)(F)COCC#N. The molecule has 0 heterocycles. The molecule has 0 saturated carbocycles. The molecule has 0 fully saturated rings. The van der Waals surface area contributed by atoms with E-state index in [9.17, 15) is 18.9 Å². The van der Waals surface area contributed by atoms with Crippen LogP contribution in [0.2, 0.25) is 0 Å². The number of ether oxygens (including phenoxy) is 1. The van der Waals surface area contributed by atoms with Crippen LogP contribution in [0, 0.1) is 21.4 Å². The van der Waals surface area contributed by atoms with E-state index in [4.69, 9.17) is 11.0 Å². The zero-order valence-corrected chi connectivity index (χ0v) is 12.1. The van der Waals surface area contributed by atoms with Gasteiger partial charge in [-0.1, -0.05) is 19.4 Å². The van der Waals surface area contributed by atoms with Crippen molar-refractivity contribution in [1.82, 2.24) is 0 Å². The number of benzene rings is 1. The zero-order chi connectivity index (χ0) is 16.8. The highest BCUT2D eigenvalue weighted by atomic mass is 19.3. The Kier molecular flexibility index (Phi) is 6.34. The van der Waals surface area contributed by atoms with Crippen LogP contribution in [-0.4, -0.2) is 24.1 Å². The number of halogens is 2. The number of nitro benzene ring substituents is 1. The number of nitro groups is 1. The third-order valence-corrected chi connectivity index (χ3v) is 3.11. The second-order valence-corrected chi connectivity index (χ2v) is 4.78. The molecule has 6 nitrogen and oxygen atoms in total.